The fourth-order valence-corrected chi connectivity index (χ4v) is 1.78. The van der Waals surface area contributed by atoms with Crippen molar-refractivity contribution in [1.29, 1.82) is 0 Å². The van der Waals surface area contributed by atoms with Gasteiger partial charge in [0.2, 0.25) is 0 Å². The van der Waals surface area contributed by atoms with Gasteiger partial charge in [-0.15, -0.1) is 12.2 Å². The Kier molecular flexibility index (Phi) is 3.34. The van der Waals surface area contributed by atoms with E-state index < -0.39 is 23.4 Å². The minimum Gasteiger partial charge on any atom is -0.681 e. The molecule has 19 heavy (non-hydrogen) atoms. The van der Waals surface area contributed by atoms with Crippen LogP contribution < -0.4 is 0 Å². The van der Waals surface area contributed by atoms with E-state index in [0.717, 1.165) is 11.6 Å². The molecule has 0 amide bonds. The second-order valence-electron chi connectivity index (χ2n) is 4.10. The first kappa shape index (κ1) is 13.6. The second kappa shape index (κ2) is 4.68. The van der Waals surface area contributed by atoms with Gasteiger partial charge in [-0.05, 0) is 18.6 Å². The lowest BCUT2D eigenvalue weighted by Crippen LogP contribution is -2.13. The highest BCUT2D eigenvalue weighted by atomic mass is 19.4. The summed E-state index contributed by atoms with van der Waals surface area (Å²) >= 11 is 0. The van der Waals surface area contributed by atoms with Crippen molar-refractivity contribution in [1.82, 2.24) is 0 Å². The van der Waals surface area contributed by atoms with Crippen LogP contribution in [0.3, 0.4) is 0 Å². The van der Waals surface area contributed by atoms with Gasteiger partial charge in [-0.25, -0.2) is 8.78 Å². The van der Waals surface area contributed by atoms with Crippen LogP contribution in [0.4, 0.5) is 22.0 Å². The van der Waals surface area contributed by atoms with Crippen LogP contribution in [0, 0.1) is 11.6 Å². The van der Waals surface area contributed by atoms with Crippen LogP contribution in [-0.2, 0) is 6.18 Å². The molecule has 0 saturated heterocycles. The summed E-state index contributed by atoms with van der Waals surface area (Å²) in [5, 5.41) is 3.92. The molecule has 1 aliphatic heterocycles. The van der Waals surface area contributed by atoms with E-state index in [2.05, 4.69) is 5.32 Å². The molecule has 0 aliphatic carbocycles. The summed E-state index contributed by atoms with van der Waals surface area (Å²) in [7, 11) is 0. The molecule has 1 heterocycles. The number of allylic oxidation sites excluding steroid dienone is 2. The van der Waals surface area contributed by atoms with Crippen molar-refractivity contribution in [3.8, 4) is 0 Å². The maximum atomic E-state index is 13.9. The zero-order chi connectivity index (χ0) is 14.2. The van der Waals surface area contributed by atoms with Gasteiger partial charge in [0.1, 0.15) is 17.2 Å². The number of benzene rings is 1. The molecule has 0 bridgehead atoms. The minimum absolute atomic E-state index is 0.0861. The third-order valence-corrected chi connectivity index (χ3v) is 2.69. The predicted octanol–water partition coefficient (Wildman–Crippen LogP) is 4.66. The van der Waals surface area contributed by atoms with Crippen molar-refractivity contribution in [3.05, 3.63) is 57.9 Å². The highest BCUT2D eigenvalue weighted by Crippen LogP contribution is 2.37. The van der Waals surface area contributed by atoms with Crippen molar-refractivity contribution in [3.63, 3.8) is 0 Å². The molecule has 0 unspecified atom stereocenters. The maximum Gasteiger partial charge on any atom is 0.422 e. The van der Waals surface area contributed by atoms with E-state index in [-0.39, 0.29) is 17.8 Å². The van der Waals surface area contributed by atoms with Crippen molar-refractivity contribution < 1.29 is 22.0 Å². The molecule has 0 aromatic heterocycles. The summed E-state index contributed by atoms with van der Waals surface area (Å²) in [6.45, 7) is 1.98. The highest BCUT2D eigenvalue weighted by Gasteiger charge is 2.38. The van der Waals surface area contributed by atoms with Gasteiger partial charge < -0.3 is 5.32 Å². The lowest BCUT2D eigenvalue weighted by atomic mass is 10.0. The monoisotopic (exact) mass is 274 g/mol. The molecular weight excluding hydrogens is 265 g/mol. The summed E-state index contributed by atoms with van der Waals surface area (Å²) < 4.78 is 64.8. The summed E-state index contributed by atoms with van der Waals surface area (Å²) in [5.74, 6) is -3.25. The predicted molar refractivity (Wildman–Crippen MR) is 61.3 cm³/mol. The molecule has 0 atom stereocenters. The summed E-state index contributed by atoms with van der Waals surface area (Å²) in [6, 6.07) is 1.57. The van der Waals surface area contributed by atoms with E-state index in [1.54, 1.807) is 13.0 Å². The van der Waals surface area contributed by atoms with Gasteiger partial charge in [-0.3, -0.25) is 0 Å². The van der Waals surface area contributed by atoms with Crippen LogP contribution >= 0.6 is 0 Å². The lowest BCUT2D eigenvalue weighted by Gasteiger charge is -2.29. The van der Waals surface area contributed by atoms with Crippen LogP contribution in [0.5, 0.6) is 0 Å². The number of nitrogens with zero attached hydrogens (tertiary/aromatic N) is 1. The highest BCUT2D eigenvalue weighted by molar-refractivity contribution is 5.78. The fourth-order valence-electron chi connectivity index (χ4n) is 1.78. The molecule has 6 heteroatoms. The third kappa shape index (κ3) is 2.62. The van der Waals surface area contributed by atoms with Gasteiger partial charge in [0, 0.05) is 0 Å². The van der Waals surface area contributed by atoms with Crippen molar-refractivity contribution in [2.24, 2.45) is 0 Å². The molecule has 1 aromatic carbocycles. The van der Waals surface area contributed by atoms with Crippen LogP contribution in [0.1, 0.15) is 18.1 Å². The minimum atomic E-state index is -5.08. The quantitative estimate of drug-likeness (QED) is 0.661. The lowest BCUT2D eigenvalue weighted by molar-refractivity contribution is -0.142. The zero-order valence-corrected chi connectivity index (χ0v) is 9.85. The molecule has 0 spiro atoms. The van der Waals surface area contributed by atoms with Crippen LogP contribution in [0.2, 0.25) is 0 Å². The Hall–Kier alpha value is -1.85. The van der Waals surface area contributed by atoms with Crippen LogP contribution in [0.25, 0.3) is 11.0 Å². The number of rotatable bonds is 1. The molecule has 0 radical (unpaired) electrons. The van der Waals surface area contributed by atoms with E-state index in [9.17, 15) is 22.0 Å². The fraction of sp³-hybridized carbons (Fsp3) is 0.231. The average Bonchev–Trinajstić information content (AvgIpc) is 2.27. The molecule has 2 rings (SSSR count). The Morgan fingerprint density at radius 1 is 1.16 bits per heavy atom. The number of alkyl halides is 3. The molecule has 1 aromatic rings. The van der Waals surface area contributed by atoms with Crippen LogP contribution in [-0.4, -0.2) is 6.54 Å². The standard InChI is InChI=1S/C13H9F5N/c1-7-4-5-19-10(6-7)8-2-3-9(14)11(12(8)15)13(16,17)18/h2-4,6H,5H2,1H3/q-1. The van der Waals surface area contributed by atoms with E-state index in [1.807, 2.05) is 0 Å². The van der Waals surface area contributed by atoms with Gasteiger partial charge in [-0.2, -0.15) is 13.2 Å². The topological polar surface area (TPSA) is 14.1 Å². The molecule has 102 valence electrons. The zero-order valence-electron chi connectivity index (χ0n) is 9.85. The first-order valence-electron chi connectivity index (χ1n) is 5.42. The number of halogens is 5. The van der Waals surface area contributed by atoms with Gasteiger partial charge in [0.05, 0.1) is 0 Å². The Bertz CT molecular complexity index is 569. The first-order valence-corrected chi connectivity index (χ1v) is 5.42. The number of hydrogen-bond donors (Lipinski definition) is 0. The van der Waals surface area contributed by atoms with E-state index >= 15 is 0 Å². The molecule has 0 saturated carbocycles. The van der Waals surface area contributed by atoms with Crippen molar-refractivity contribution >= 4 is 5.70 Å². The molecule has 1 nitrogen and oxygen atoms in total. The van der Waals surface area contributed by atoms with E-state index in [4.69, 9.17) is 0 Å². The van der Waals surface area contributed by atoms with Gasteiger partial charge in [0.25, 0.3) is 0 Å². The largest absolute Gasteiger partial charge is 0.681 e. The Morgan fingerprint density at radius 2 is 1.84 bits per heavy atom. The molecule has 1 aliphatic rings. The Labute approximate surface area is 106 Å². The number of hydrogen-bond acceptors (Lipinski definition) is 0. The van der Waals surface area contributed by atoms with E-state index in [0.29, 0.717) is 6.07 Å². The smallest absolute Gasteiger partial charge is 0.422 e. The SMILES string of the molecule is CC1=CC[N-]C(c2ccc(F)c(C(F)(F)F)c2F)=C1. The molecule has 0 fully saturated rings. The van der Waals surface area contributed by atoms with Gasteiger partial charge in [0.15, 0.2) is 0 Å². The van der Waals surface area contributed by atoms with E-state index in [1.165, 1.54) is 6.08 Å². The van der Waals surface area contributed by atoms with Gasteiger partial charge in [-0.1, -0.05) is 23.8 Å². The van der Waals surface area contributed by atoms with Gasteiger partial charge >= 0.3 is 6.18 Å². The van der Waals surface area contributed by atoms with Crippen LogP contribution in [0.15, 0.2) is 29.9 Å². The Balaban J connectivity index is 2.58. The summed E-state index contributed by atoms with van der Waals surface area (Å²) in [4.78, 5) is 0. The van der Waals surface area contributed by atoms with Crippen molar-refractivity contribution in [2.75, 3.05) is 6.54 Å². The molecule has 0 N–H and O–H groups in total. The van der Waals surface area contributed by atoms with Crippen molar-refractivity contribution in [2.45, 2.75) is 13.1 Å². The summed E-state index contributed by atoms with van der Waals surface area (Å²) in [5.41, 5.74) is -1.38. The Morgan fingerprint density at radius 3 is 2.42 bits per heavy atom. The normalized spacial score (nSPS) is 15.7. The molecular formula is C13H9F5N-. The average molecular weight is 274 g/mol. The maximum absolute atomic E-state index is 13.9. The summed E-state index contributed by atoms with van der Waals surface area (Å²) in [6.07, 6.45) is -1.88. The second-order valence-corrected chi connectivity index (χ2v) is 4.10. The third-order valence-electron chi connectivity index (χ3n) is 2.69. The first-order chi connectivity index (χ1) is 8.80.